The van der Waals surface area contributed by atoms with E-state index in [4.69, 9.17) is 9.84 Å². The minimum Gasteiger partial charge on any atom is -0.478 e. The molecule has 0 aliphatic heterocycles. The Balaban J connectivity index is 3.63. The van der Waals surface area contributed by atoms with Gasteiger partial charge in [0.25, 0.3) is 0 Å². The van der Waals surface area contributed by atoms with Crippen LogP contribution in [0.1, 0.15) is 13.3 Å². The molecule has 0 aromatic carbocycles. The van der Waals surface area contributed by atoms with Crippen molar-refractivity contribution in [1.82, 2.24) is 5.32 Å². The van der Waals surface area contributed by atoms with Gasteiger partial charge in [-0.3, -0.25) is 0 Å². The topological polar surface area (TPSA) is 58.6 Å². The van der Waals surface area contributed by atoms with Gasteiger partial charge in [-0.2, -0.15) is 0 Å². The number of aliphatic carboxylic acids is 1. The number of carboxylic acids is 1. The van der Waals surface area contributed by atoms with E-state index in [1.165, 1.54) is 6.20 Å². The molecule has 0 rings (SSSR count). The highest BCUT2D eigenvalue weighted by Crippen LogP contribution is 1.90. The van der Waals surface area contributed by atoms with Gasteiger partial charge in [0.2, 0.25) is 0 Å². The van der Waals surface area contributed by atoms with E-state index in [0.29, 0.717) is 6.61 Å². The van der Waals surface area contributed by atoms with Gasteiger partial charge in [0.05, 0.1) is 6.61 Å². The first kappa shape index (κ1) is 11.0. The lowest BCUT2D eigenvalue weighted by atomic mass is 10.2. The van der Waals surface area contributed by atoms with Gasteiger partial charge in [-0.15, -0.1) is 0 Å². The fraction of sp³-hybridized carbons (Fsp3) is 0.625. The van der Waals surface area contributed by atoms with Crippen LogP contribution in [0.15, 0.2) is 12.3 Å². The number of ether oxygens (including phenoxy) is 1. The standard InChI is InChI=1S/C8H15NO3/c1-3-7(6-12-2)9-5-4-8(10)11/h4-5,7,9H,3,6H2,1-2H3,(H,10,11)/b5-4+. The van der Waals surface area contributed by atoms with Crippen molar-refractivity contribution in [1.29, 1.82) is 0 Å². The Bertz CT molecular complexity index is 156. The van der Waals surface area contributed by atoms with Crippen molar-refractivity contribution in [2.45, 2.75) is 19.4 Å². The average molecular weight is 173 g/mol. The Hall–Kier alpha value is -1.03. The zero-order valence-corrected chi connectivity index (χ0v) is 7.41. The van der Waals surface area contributed by atoms with Gasteiger partial charge in [-0.05, 0) is 6.42 Å². The van der Waals surface area contributed by atoms with Crippen LogP contribution in [0.3, 0.4) is 0 Å². The third-order valence-corrected chi connectivity index (χ3v) is 1.42. The number of methoxy groups -OCH3 is 1. The van der Waals surface area contributed by atoms with Crippen molar-refractivity contribution in [3.63, 3.8) is 0 Å². The highest BCUT2D eigenvalue weighted by Gasteiger charge is 2.00. The first-order chi connectivity index (χ1) is 5.70. The summed E-state index contributed by atoms with van der Waals surface area (Å²) in [5.41, 5.74) is 0. The van der Waals surface area contributed by atoms with Crippen molar-refractivity contribution in [3.8, 4) is 0 Å². The van der Waals surface area contributed by atoms with Crippen molar-refractivity contribution >= 4 is 5.97 Å². The van der Waals surface area contributed by atoms with Crippen LogP contribution < -0.4 is 5.32 Å². The van der Waals surface area contributed by atoms with E-state index < -0.39 is 5.97 Å². The minimum atomic E-state index is -0.949. The summed E-state index contributed by atoms with van der Waals surface area (Å²) in [6.07, 6.45) is 3.39. The summed E-state index contributed by atoms with van der Waals surface area (Å²) < 4.78 is 4.91. The van der Waals surface area contributed by atoms with Crippen molar-refractivity contribution in [2.24, 2.45) is 0 Å². The van der Waals surface area contributed by atoms with E-state index in [9.17, 15) is 4.79 Å². The van der Waals surface area contributed by atoms with Gasteiger partial charge in [-0.1, -0.05) is 6.92 Å². The highest BCUT2D eigenvalue weighted by molar-refractivity contribution is 5.79. The zero-order valence-electron chi connectivity index (χ0n) is 7.41. The molecule has 0 fully saturated rings. The van der Waals surface area contributed by atoms with Crippen LogP contribution in [0.2, 0.25) is 0 Å². The van der Waals surface area contributed by atoms with Gasteiger partial charge in [0, 0.05) is 25.4 Å². The Morgan fingerprint density at radius 3 is 2.83 bits per heavy atom. The molecule has 0 heterocycles. The second-order valence-electron chi connectivity index (χ2n) is 2.40. The predicted octanol–water partition coefficient (Wildman–Crippen LogP) is 0.599. The van der Waals surface area contributed by atoms with E-state index >= 15 is 0 Å². The smallest absolute Gasteiger partial charge is 0.329 e. The number of hydrogen-bond acceptors (Lipinski definition) is 3. The number of carbonyl (C=O) groups is 1. The van der Waals surface area contributed by atoms with Crippen LogP contribution in [0.5, 0.6) is 0 Å². The molecule has 12 heavy (non-hydrogen) atoms. The van der Waals surface area contributed by atoms with Crippen LogP contribution in [-0.4, -0.2) is 30.8 Å². The second kappa shape index (κ2) is 6.67. The molecule has 0 amide bonds. The van der Waals surface area contributed by atoms with Crippen LogP contribution >= 0.6 is 0 Å². The summed E-state index contributed by atoms with van der Waals surface area (Å²) in [6.45, 7) is 2.59. The van der Waals surface area contributed by atoms with Crippen LogP contribution in [0, 0.1) is 0 Å². The zero-order chi connectivity index (χ0) is 9.40. The molecular weight excluding hydrogens is 158 g/mol. The second-order valence-corrected chi connectivity index (χ2v) is 2.40. The van der Waals surface area contributed by atoms with Gasteiger partial charge in [0.15, 0.2) is 0 Å². The number of hydrogen-bond donors (Lipinski definition) is 2. The molecule has 4 nitrogen and oxygen atoms in total. The Kier molecular flexibility index (Phi) is 6.09. The number of nitrogens with one attached hydrogen (secondary N) is 1. The molecule has 0 aliphatic carbocycles. The average Bonchev–Trinajstić information content (AvgIpc) is 2.02. The van der Waals surface area contributed by atoms with Crippen LogP contribution in [-0.2, 0) is 9.53 Å². The first-order valence-corrected chi connectivity index (χ1v) is 3.85. The highest BCUT2D eigenvalue weighted by atomic mass is 16.5. The van der Waals surface area contributed by atoms with Crippen molar-refractivity contribution in [3.05, 3.63) is 12.3 Å². The molecule has 0 saturated carbocycles. The van der Waals surface area contributed by atoms with Crippen LogP contribution in [0.25, 0.3) is 0 Å². The van der Waals surface area contributed by atoms with Gasteiger partial charge in [0.1, 0.15) is 0 Å². The fourth-order valence-corrected chi connectivity index (χ4v) is 0.740. The lowest BCUT2D eigenvalue weighted by Crippen LogP contribution is -2.28. The molecule has 0 saturated heterocycles. The van der Waals surface area contributed by atoms with Crippen molar-refractivity contribution in [2.75, 3.05) is 13.7 Å². The third-order valence-electron chi connectivity index (χ3n) is 1.42. The van der Waals surface area contributed by atoms with Gasteiger partial charge >= 0.3 is 5.97 Å². The number of carboxylic acid groups (broad SMARTS) is 1. The molecule has 4 heteroatoms. The van der Waals surface area contributed by atoms with E-state index in [1.807, 2.05) is 6.92 Å². The third kappa shape index (κ3) is 5.73. The largest absolute Gasteiger partial charge is 0.478 e. The summed E-state index contributed by atoms with van der Waals surface area (Å²) in [5, 5.41) is 11.2. The van der Waals surface area contributed by atoms with Crippen LogP contribution in [0.4, 0.5) is 0 Å². The van der Waals surface area contributed by atoms with E-state index in [2.05, 4.69) is 5.32 Å². The van der Waals surface area contributed by atoms with E-state index in [-0.39, 0.29) is 6.04 Å². The SMILES string of the molecule is CCC(COC)N/C=C/C(=O)O. The molecule has 0 spiro atoms. The molecule has 0 bridgehead atoms. The molecule has 0 aliphatic rings. The maximum Gasteiger partial charge on any atom is 0.329 e. The van der Waals surface area contributed by atoms with E-state index in [1.54, 1.807) is 7.11 Å². The predicted molar refractivity (Wildman–Crippen MR) is 45.9 cm³/mol. The summed E-state index contributed by atoms with van der Waals surface area (Å²) in [5.74, 6) is -0.949. The minimum absolute atomic E-state index is 0.186. The molecule has 0 aromatic heterocycles. The lowest BCUT2D eigenvalue weighted by Gasteiger charge is -2.12. The number of rotatable bonds is 6. The summed E-state index contributed by atoms with van der Waals surface area (Å²) in [4.78, 5) is 10.1. The monoisotopic (exact) mass is 173 g/mol. The summed E-state index contributed by atoms with van der Waals surface area (Å²) >= 11 is 0. The summed E-state index contributed by atoms with van der Waals surface area (Å²) in [6, 6.07) is 0.186. The molecule has 0 aromatic rings. The van der Waals surface area contributed by atoms with Gasteiger partial charge < -0.3 is 15.2 Å². The lowest BCUT2D eigenvalue weighted by molar-refractivity contribution is -0.131. The summed E-state index contributed by atoms with van der Waals surface area (Å²) in [7, 11) is 1.62. The molecule has 2 N–H and O–H groups in total. The Labute approximate surface area is 72.2 Å². The quantitative estimate of drug-likeness (QED) is 0.577. The molecule has 70 valence electrons. The normalized spacial score (nSPS) is 13.2. The first-order valence-electron chi connectivity index (χ1n) is 3.85. The fourth-order valence-electron chi connectivity index (χ4n) is 0.740. The van der Waals surface area contributed by atoms with E-state index in [0.717, 1.165) is 12.5 Å². The Morgan fingerprint density at radius 1 is 1.75 bits per heavy atom. The molecular formula is C8H15NO3. The van der Waals surface area contributed by atoms with Gasteiger partial charge in [-0.25, -0.2) is 4.79 Å². The molecule has 1 unspecified atom stereocenters. The Morgan fingerprint density at radius 2 is 2.42 bits per heavy atom. The molecule has 1 atom stereocenters. The maximum atomic E-state index is 10.1. The maximum absolute atomic E-state index is 10.1. The molecule has 0 radical (unpaired) electrons. The van der Waals surface area contributed by atoms with Crippen molar-refractivity contribution < 1.29 is 14.6 Å².